The predicted octanol–water partition coefficient (Wildman–Crippen LogP) is 2.24. The number of aryl methyl sites for hydroxylation is 1. The van der Waals surface area contributed by atoms with Crippen molar-refractivity contribution in [1.82, 2.24) is 0 Å². The van der Waals surface area contributed by atoms with E-state index in [0.29, 0.717) is 0 Å². The van der Waals surface area contributed by atoms with Crippen molar-refractivity contribution in [1.29, 1.82) is 0 Å². The number of benzene rings is 1. The van der Waals surface area contributed by atoms with E-state index in [-0.39, 0.29) is 6.61 Å². The lowest BCUT2D eigenvalue weighted by molar-refractivity contribution is -0.253. The first-order valence-corrected chi connectivity index (χ1v) is 3.71. The van der Waals surface area contributed by atoms with E-state index in [9.17, 15) is 0 Å². The monoisotopic (exact) mass is 152 g/mol. The van der Waals surface area contributed by atoms with Gasteiger partial charge in [0.2, 0.25) is 0 Å². The van der Waals surface area contributed by atoms with Crippen molar-refractivity contribution in [3.05, 3.63) is 35.4 Å². The molecule has 0 unspecified atom stereocenters. The topological polar surface area (TPSA) is 29.5 Å². The maximum Gasteiger partial charge on any atom is 0.107 e. The van der Waals surface area contributed by atoms with Crippen LogP contribution in [-0.2, 0) is 17.9 Å². The van der Waals surface area contributed by atoms with Crippen LogP contribution in [0.15, 0.2) is 24.3 Å². The molecule has 1 aromatic carbocycles. The summed E-state index contributed by atoms with van der Waals surface area (Å²) in [4.78, 5) is 4.07. The zero-order valence-corrected chi connectivity index (χ0v) is 6.58. The van der Waals surface area contributed by atoms with Crippen LogP contribution in [0.3, 0.4) is 0 Å². The van der Waals surface area contributed by atoms with Gasteiger partial charge in [0, 0.05) is 0 Å². The minimum Gasteiger partial charge on any atom is -0.251 e. The summed E-state index contributed by atoms with van der Waals surface area (Å²) in [5.74, 6) is 0. The van der Waals surface area contributed by atoms with Crippen molar-refractivity contribution in [3.63, 3.8) is 0 Å². The molecule has 0 atom stereocenters. The van der Waals surface area contributed by atoms with E-state index in [2.05, 4.69) is 11.8 Å². The molecule has 1 aromatic rings. The molecule has 0 aromatic heterocycles. The Morgan fingerprint density at radius 3 is 2.45 bits per heavy atom. The normalized spacial score (nSPS) is 10.0. The van der Waals surface area contributed by atoms with Crippen LogP contribution in [0.2, 0.25) is 0 Å². The second-order valence-electron chi connectivity index (χ2n) is 2.40. The average Bonchev–Trinajstić information content (AvgIpc) is 2.06. The molecule has 0 radical (unpaired) electrons. The fourth-order valence-electron chi connectivity index (χ4n) is 1.11. The maximum absolute atomic E-state index is 8.24. The van der Waals surface area contributed by atoms with Gasteiger partial charge >= 0.3 is 0 Å². The minimum atomic E-state index is 0.282. The Balaban J connectivity index is 2.83. The zero-order valence-electron chi connectivity index (χ0n) is 6.58. The summed E-state index contributed by atoms with van der Waals surface area (Å²) in [6.07, 6.45) is 0.972. The minimum absolute atomic E-state index is 0.282. The predicted molar refractivity (Wildman–Crippen MR) is 43.2 cm³/mol. The van der Waals surface area contributed by atoms with Crippen molar-refractivity contribution in [2.45, 2.75) is 20.0 Å². The average molecular weight is 152 g/mol. The van der Waals surface area contributed by atoms with Gasteiger partial charge in [-0.2, -0.15) is 0 Å². The molecular weight excluding hydrogens is 140 g/mol. The third-order valence-corrected chi connectivity index (χ3v) is 1.72. The van der Waals surface area contributed by atoms with Crippen LogP contribution in [0.1, 0.15) is 18.1 Å². The Bertz CT molecular complexity index is 221. The fraction of sp³-hybridized carbons (Fsp3) is 0.333. The molecule has 0 amide bonds. The SMILES string of the molecule is CCc1ccccc1COO. The van der Waals surface area contributed by atoms with Crippen molar-refractivity contribution in [2.24, 2.45) is 0 Å². The van der Waals surface area contributed by atoms with Crippen LogP contribution in [0.4, 0.5) is 0 Å². The van der Waals surface area contributed by atoms with Gasteiger partial charge in [0.05, 0.1) is 0 Å². The van der Waals surface area contributed by atoms with E-state index in [0.717, 1.165) is 12.0 Å². The van der Waals surface area contributed by atoms with Gasteiger partial charge in [-0.15, -0.1) is 0 Å². The van der Waals surface area contributed by atoms with Crippen molar-refractivity contribution >= 4 is 0 Å². The van der Waals surface area contributed by atoms with Gasteiger partial charge in [0.15, 0.2) is 0 Å². The first kappa shape index (κ1) is 8.24. The van der Waals surface area contributed by atoms with Gasteiger partial charge < -0.3 is 0 Å². The highest BCUT2D eigenvalue weighted by molar-refractivity contribution is 5.26. The standard InChI is InChI=1S/C9H12O2/c1-2-8-5-3-4-6-9(8)7-11-10/h3-6,10H,2,7H2,1H3. The summed E-state index contributed by atoms with van der Waals surface area (Å²) in [5.41, 5.74) is 2.28. The lowest BCUT2D eigenvalue weighted by Gasteiger charge is -2.03. The van der Waals surface area contributed by atoms with E-state index in [1.54, 1.807) is 0 Å². The first-order valence-electron chi connectivity index (χ1n) is 3.71. The number of rotatable bonds is 3. The fourth-order valence-corrected chi connectivity index (χ4v) is 1.11. The molecule has 60 valence electrons. The molecule has 0 saturated carbocycles. The molecule has 0 aliphatic carbocycles. The summed E-state index contributed by atoms with van der Waals surface area (Å²) in [6, 6.07) is 7.91. The molecule has 0 fully saturated rings. The highest BCUT2D eigenvalue weighted by Crippen LogP contribution is 2.09. The molecule has 2 heteroatoms. The van der Waals surface area contributed by atoms with Gasteiger partial charge in [0.25, 0.3) is 0 Å². The summed E-state index contributed by atoms with van der Waals surface area (Å²) in [5, 5.41) is 8.24. The largest absolute Gasteiger partial charge is 0.251 e. The molecule has 0 heterocycles. The molecule has 0 saturated heterocycles. The van der Waals surface area contributed by atoms with Gasteiger partial charge in [-0.25, -0.2) is 4.89 Å². The summed E-state index contributed by atoms with van der Waals surface area (Å²) in [6.45, 7) is 2.36. The van der Waals surface area contributed by atoms with E-state index in [4.69, 9.17) is 5.26 Å². The Morgan fingerprint density at radius 1 is 1.27 bits per heavy atom. The number of hydrogen-bond acceptors (Lipinski definition) is 2. The van der Waals surface area contributed by atoms with Gasteiger partial charge in [-0.05, 0) is 17.5 Å². The number of hydrogen-bond donors (Lipinski definition) is 1. The van der Waals surface area contributed by atoms with Crippen LogP contribution in [0.25, 0.3) is 0 Å². The van der Waals surface area contributed by atoms with Crippen LogP contribution in [0, 0.1) is 0 Å². The van der Waals surface area contributed by atoms with E-state index in [1.807, 2.05) is 24.3 Å². The zero-order chi connectivity index (χ0) is 8.10. The molecule has 1 rings (SSSR count). The van der Waals surface area contributed by atoms with Gasteiger partial charge in [-0.3, -0.25) is 5.26 Å². The molecule has 0 spiro atoms. The van der Waals surface area contributed by atoms with Crippen molar-refractivity contribution in [3.8, 4) is 0 Å². The second kappa shape index (κ2) is 4.11. The first-order chi connectivity index (χ1) is 5.38. The third-order valence-electron chi connectivity index (χ3n) is 1.72. The molecule has 1 N–H and O–H groups in total. The van der Waals surface area contributed by atoms with Gasteiger partial charge in [0.1, 0.15) is 6.61 Å². The summed E-state index contributed by atoms with van der Waals surface area (Å²) >= 11 is 0. The van der Waals surface area contributed by atoms with E-state index < -0.39 is 0 Å². The molecule has 0 aliphatic heterocycles. The van der Waals surface area contributed by atoms with Gasteiger partial charge in [-0.1, -0.05) is 31.2 Å². The molecule has 2 nitrogen and oxygen atoms in total. The summed E-state index contributed by atoms with van der Waals surface area (Å²) in [7, 11) is 0. The quantitative estimate of drug-likeness (QED) is 0.531. The Hall–Kier alpha value is -0.860. The van der Waals surface area contributed by atoms with Crippen LogP contribution < -0.4 is 0 Å². The van der Waals surface area contributed by atoms with E-state index in [1.165, 1.54) is 5.56 Å². The molecular formula is C9H12O2. The smallest absolute Gasteiger partial charge is 0.107 e. The van der Waals surface area contributed by atoms with E-state index >= 15 is 0 Å². The van der Waals surface area contributed by atoms with Crippen LogP contribution in [0.5, 0.6) is 0 Å². The highest BCUT2D eigenvalue weighted by atomic mass is 17.1. The van der Waals surface area contributed by atoms with Crippen molar-refractivity contribution < 1.29 is 10.1 Å². The highest BCUT2D eigenvalue weighted by Gasteiger charge is 1.97. The summed E-state index contributed by atoms with van der Waals surface area (Å²) < 4.78 is 0. The van der Waals surface area contributed by atoms with Crippen LogP contribution >= 0.6 is 0 Å². The second-order valence-corrected chi connectivity index (χ2v) is 2.40. The van der Waals surface area contributed by atoms with Crippen molar-refractivity contribution in [2.75, 3.05) is 0 Å². The molecule has 11 heavy (non-hydrogen) atoms. The third kappa shape index (κ3) is 2.03. The molecule has 0 bridgehead atoms. The maximum atomic E-state index is 8.24. The van der Waals surface area contributed by atoms with Crippen LogP contribution in [-0.4, -0.2) is 5.26 Å². The Labute approximate surface area is 66.4 Å². The molecule has 0 aliphatic rings. The lowest BCUT2D eigenvalue weighted by Crippen LogP contribution is -1.93. The Kier molecular flexibility index (Phi) is 3.08. The Morgan fingerprint density at radius 2 is 1.91 bits per heavy atom. The lowest BCUT2D eigenvalue weighted by atomic mass is 10.1.